The second-order valence-electron chi connectivity index (χ2n) is 23.7. The predicted molar refractivity (Wildman–Crippen MR) is 354 cm³/mol. The molecule has 0 saturated heterocycles. The second kappa shape index (κ2) is 33.2. The summed E-state index contributed by atoms with van der Waals surface area (Å²) in [7, 11) is 0. The third-order valence-corrected chi connectivity index (χ3v) is 17.2. The number of rotatable bonds is 17. The fraction of sp³-hybridized carbons (Fsp3) is 0.300. The van der Waals surface area contributed by atoms with Crippen LogP contribution in [0.2, 0.25) is 0 Å². The molecule has 2 atom stereocenters. The van der Waals surface area contributed by atoms with Gasteiger partial charge in [-0.2, -0.15) is 0 Å². The number of hydrogen-bond donors (Lipinski definition) is 0. The molecule has 0 spiro atoms. The first-order valence-electron chi connectivity index (χ1n) is 31.9. The van der Waals surface area contributed by atoms with Crippen LogP contribution in [0.1, 0.15) is 167 Å². The Labute approximate surface area is 531 Å². The predicted octanol–water partition coefficient (Wildman–Crippen LogP) is 24.9. The Morgan fingerprint density at radius 1 is 0.473 bits per heavy atom. The lowest BCUT2D eigenvalue weighted by Crippen LogP contribution is -2.05. The second-order valence-corrected chi connectivity index (χ2v) is 23.7. The molecular weight excluding hydrogens is 1170 g/mol. The first-order valence-corrected chi connectivity index (χ1v) is 31.9. The number of aryl methyl sites for hydroxylation is 3. The molecule has 11 heteroatoms. The van der Waals surface area contributed by atoms with Crippen LogP contribution in [-0.4, -0.2) is 6.61 Å². The normalized spacial score (nSPS) is 15.4. The van der Waals surface area contributed by atoms with E-state index in [0.717, 1.165) is 68.1 Å². The number of hydrogen-bond acceptors (Lipinski definition) is 1. The summed E-state index contributed by atoms with van der Waals surface area (Å²) in [4.78, 5) is 0. The number of unbranched alkanes of at least 4 members (excludes halogenated alkanes) is 2. The average Bonchev–Trinajstić information content (AvgIpc) is 1.66. The minimum Gasteiger partial charge on any atom is -0.494 e. The van der Waals surface area contributed by atoms with Gasteiger partial charge in [-0.1, -0.05) is 200 Å². The largest absolute Gasteiger partial charge is 0.494 e. The molecule has 3 aliphatic carbocycles. The standard InChI is InChI=1S/C23H28.C21H21F3.C20H22F2O.C16H9F5/c1-2-3-5-8-19-11-13-21(14-12-19)23-17-15-22(16-18-23)20-9-6-4-7-10-20;1-3-14-5-7-15(8-6-14)17-11-9-16(12-19(17)22)18-10-4-13(2)20(23)21(18)24;1-3-5-15-6-8-16(9-7-15)19(21)20(22)17-10-12-18(13-11-17)23-14-4-2;1-7-2-4-9(15(20)13(7)18)10-6-8-3-5-11(17)16(21)12(8)14(10)19/h4,6-7,9-10,13,15-19H,2-3,5,8,11-12,14H2,1H3;4,7,9-12,14H,3,5-6,8H2,1-2H3;6-13H,3-5,14H2,1-2H3;2-5H,6H2,1H3/b;;20-19+;. The zero-order chi connectivity index (χ0) is 65.1. The minimum absolute atomic E-state index is 0.0880. The van der Waals surface area contributed by atoms with Crippen LogP contribution >= 0.6 is 0 Å². The number of ether oxygens (including phenoxy) is 1. The smallest absolute Gasteiger partial charge is 0.169 e. The van der Waals surface area contributed by atoms with Crippen LogP contribution in [-0.2, 0) is 12.8 Å². The first-order chi connectivity index (χ1) is 43.9. The van der Waals surface area contributed by atoms with Gasteiger partial charge in [0.05, 0.1) is 12.2 Å². The molecule has 8 aromatic rings. The van der Waals surface area contributed by atoms with Gasteiger partial charge in [-0.15, -0.1) is 0 Å². The summed E-state index contributed by atoms with van der Waals surface area (Å²) in [5.74, 6) is -7.41. The quantitative estimate of drug-likeness (QED) is 0.0502. The summed E-state index contributed by atoms with van der Waals surface area (Å²) in [6.45, 7) is 12.1. The highest BCUT2D eigenvalue weighted by Crippen LogP contribution is 2.43. The van der Waals surface area contributed by atoms with Crippen LogP contribution in [0.25, 0.3) is 56.5 Å². The lowest BCUT2D eigenvalue weighted by Gasteiger charge is -2.22. The van der Waals surface area contributed by atoms with Gasteiger partial charge in [0.15, 0.2) is 46.6 Å². The van der Waals surface area contributed by atoms with E-state index in [1.54, 1.807) is 42.0 Å². The van der Waals surface area contributed by atoms with Crippen molar-refractivity contribution in [1.82, 2.24) is 0 Å². The van der Waals surface area contributed by atoms with E-state index in [0.29, 0.717) is 29.4 Å². The Hall–Kier alpha value is -8.18. The molecule has 0 fully saturated rings. The molecule has 476 valence electrons. The maximum absolute atomic E-state index is 14.6. The van der Waals surface area contributed by atoms with Crippen LogP contribution in [0.4, 0.5) is 43.9 Å². The van der Waals surface area contributed by atoms with E-state index in [2.05, 4.69) is 87.5 Å². The third-order valence-electron chi connectivity index (χ3n) is 17.2. The van der Waals surface area contributed by atoms with Gasteiger partial charge in [-0.25, -0.2) is 43.9 Å². The Morgan fingerprint density at radius 3 is 1.62 bits per heavy atom. The summed E-state index contributed by atoms with van der Waals surface area (Å²) >= 11 is 0. The molecule has 0 aromatic heterocycles. The number of fused-ring (bicyclic) bond motifs is 1. The van der Waals surface area contributed by atoms with Crippen molar-refractivity contribution in [3.63, 3.8) is 0 Å². The zero-order valence-corrected chi connectivity index (χ0v) is 52.8. The molecule has 3 aliphatic rings. The molecule has 2 unspecified atom stereocenters. The fourth-order valence-electron chi connectivity index (χ4n) is 11.7. The fourth-order valence-corrected chi connectivity index (χ4v) is 11.7. The van der Waals surface area contributed by atoms with Crippen molar-refractivity contribution in [1.29, 1.82) is 0 Å². The molecule has 0 bridgehead atoms. The van der Waals surface area contributed by atoms with E-state index in [1.807, 2.05) is 19.1 Å². The van der Waals surface area contributed by atoms with Gasteiger partial charge in [-0.05, 0) is 169 Å². The SMILES string of the molecule is CCC1CC=C(c2ccc(-c3ccc(C)c(F)c3F)cc2F)CC1.CCCCCC1CC=C(c2ccc(-c3ccccc3)cc2)CC1.CCCOc1ccc(/C(F)=C(\F)c2ccc(CCC)cc2)cc1.Cc1ccc(C2=C(F)c3c(ccc(F)c3F)C2)c(F)c1F. The molecule has 0 N–H and O–H groups in total. The van der Waals surface area contributed by atoms with Crippen molar-refractivity contribution < 1.29 is 48.6 Å². The van der Waals surface area contributed by atoms with E-state index < -0.39 is 57.9 Å². The van der Waals surface area contributed by atoms with Crippen molar-refractivity contribution >= 4 is 34.2 Å². The van der Waals surface area contributed by atoms with Gasteiger partial charge in [0.1, 0.15) is 17.4 Å². The van der Waals surface area contributed by atoms with Gasteiger partial charge in [-0.3, -0.25) is 0 Å². The van der Waals surface area contributed by atoms with Crippen molar-refractivity contribution in [2.24, 2.45) is 11.8 Å². The van der Waals surface area contributed by atoms with Gasteiger partial charge >= 0.3 is 0 Å². The molecular formula is C80H80F10O. The lowest BCUT2D eigenvalue weighted by atomic mass is 9.83. The molecule has 11 rings (SSSR count). The summed E-state index contributed by atoms with van der Waals surface area (Å²) in [6, 6.07) is 45.4. The molecule has 91 heavy (non-hydrogen) atoms. The number of allylic oxidation sites excluding steroid dienone is 5. The monoisotopic (exact) mass is 1250 g/mol. The van der Waals surface area contributed by atoms with Crippen molar-refractivity contribution in [2.45, 2.75) is 138 Å². The third kappa shape index (κ3) is 17.7. The maximum Gasteiger partial charge on any atom is 0.169 e. The molecule has 0 saturated carbocycles. The van der Waals surface area contributed by atoms with Crippen molar-refractivity contribution in [3.05, 3.63) is 266 Å². The van der Waals surface area contributed by atoms with Gasteiger partial charge < -0.3 is 4.74 Å². The van der Waals surface area contributed by atoms with Crippen LogP contribution in [0.15, 0.2) is 170 Å². The molecule has 1 nitrogen and oxygen atoms in total. The summed E-state index contributed by atoms with van der Waals surface area (Å²) in [5, 5.41) is 0. The average molecular weight is 1250 g/mol. The Bertz CT molecular complexity index is 3860. The zero-order valence-electron chi connectivity index (χ0n) is 52.8. The van der Waals surface area contributed by atoms with Crippen LogP contribution in [0.3, 0.4) is 0 Å². The van der Waals surface area contributed by atoms with E-state index >= 15 is 0 Å². The maximum atomic E-state index is 14.6. The summed E-state index contributed by atoms with van der Waals surface area (Å²) in [6.07, 6.45) is 20.9. The molecule has 0 aliphatic heterocycles. The molecule has 0 amide bonds. The van der Waals surface area contributed by atoms with Crippen molar-refractivity contribution in [2.75, 3.05) is 6.61 Å². The van der Waals surface area contributed by atoms with Gasteiger partial charge in [0.2, 0.25) is 0 Å². The summed E-state index contributed by atoms with van der Waals surface area (Å²) in [5.41, 5.74) is 8.78. The Kier molecular flexibility index (Phi) is 25.1. The van der Waals surface area contributed by atoms with Crippen LogP contribution < -0.4 is 4.74 Å². The first kappa shape index (κ1) is 68.7. The summed E-state index contributed by atoms with van der Waals surface area (Å²) < 4.78 is 145. The molecule has 0 radical (unpaired) electrons. The van der Waals surface area contributed by atoms with Crippen LogP contribution in [0.5, 0.6) is 5.75 Å². The van der Waals surface area contributed by atoms with E-state index in [1.165, 1.54) is 124 Å². The lowest BCUT2D eigenvalue weighted by molar-refractivity contribution is 0.317. The minimum atomic E-state index is -1.31. The van der Waals surface area contributed by atoms with E-state index in [-0.39, 0.29) is 56.8 Å². The van der Waals surface area contributed by atoms with Gasteiger partial charge in [0, 0.05) is 39.8 Å². The Morgan fingerprint density at radius 2 is 1.03 bits per heavy atom. The highest BCUT2D eigenvalue weighted by atomic mass is 19.2. The molecule has 0 heterocycles. The topological polar surface area (TPSA) is 9.23 Å². The highest BCUT2D eigenvalue weighted by molar-refractivity contribution is 5.94. The van der Waals surface area contributed by atoms with Gasteiger partial charge in [0.25, 0.3) is 0 Å². The van der Waals surface area contributed by atoms with Crippen molar-refractivity contribution in [3.8, 4) is 28.0 Å². The Balaban J connectivity index is 0.000000156. The van der Waals surface area contributed by atoms with E-state index in [9.17, 15) is 43.9 Å². The van der Waals surface area contributed by atoms with E-state index in [4.69, 9.17) is 4.74 Å². The number of halogens is 10. The number of benzene rings is 8. The highest BCUT2D eigenvalue weighted by Gasteiger charge is 2.30. The van der Waals surface area contributed by atoms with Crippen LogP contribution in [0, 0.1) is 66.4 Å². The molecule has 8 aromatic carbocycles.